The van der Waals surface area contributed by atoms with Crippen molar-refractivity contribution in [1.29, 1.82) is 0 Å². The second kappa shape index (κ2) is 9.69. The molecule has 5 nitrogen and oxygen atoms in total. The van der Waals surface area contributed by atoms with E-state index in [0.29, 0.717) is 23.1 Å². The van der Waals surface area contributed by atoms with Crippen molar-refractivity contribution in [3.63, 3.8) is 0 Å². The molecular weight excluding hydrogens is 472 g/mol. The molecule has 0 bridgehead atoms. The van der Waals surface area contributed by atoms with Gasteiger partial charge in [-0.3, -0.25) is 4.79 Å². The number of rotatable bonds is 6. The molecule has 0 atom stereocenters. The predicted molar refractivity (Wildman–Crippen MR) is 110 cm³/mol. The number of benzene rings is 2. The lowest BCUT2D eigenvalue weighted by Gasteiger charge is -2.13. The van der Waals surface area contributed by atoms with E-state index in [0.717, 1.165) is 18.2 Å². The molecule has 33 heavy (non-hydrogen) atoms. The van der Waals surface area contributed by atoms with Crippen LogP contribution in [0.1, 0.15) is 11.3 Å². The molecule has 3 aromatic rings. The van der Waals surface area contributed by atoms with E-state index in [9.17, 15) is 31.1 Å². The normalized spacial score (nSPS) is 11.8. The Morgan fingerprint density at radius 2 is 1.64 bits per heavy atom. The van der Waals surface area contributed by atoms with Gasteiger partial charge in [-0.25, -0.2) is 9.97 Å². The van der Waals surface area contributed by atoms with Gasteiger partial charge in [-0.05, 0) is 42.5 Å². The molecule has 0 aliphatic rings. The molecule has 1 aromatic heterocycles. The van der Waals surface area contributed by atoms with Gasteiger partial charge in [0.15, 0.2) is 5.16 Å². The van der Waals surface area contributed by atoms with Crippen LogP contribution in [0, 0.1) is 0 Å². The number of amides is 1. The molecule has 12 heteroatoms. The number of carbonyl (C=O) groups excluding carboxylic acids is 1. The summed E-state index contributed by atoms with van der Waals surface area (Å²) in [6.07, 6.45) is -9.46. The first-order valence-electron chi connectivity index (χ1n) is 9.17. The molecule has 0 aliphatic heterocycles. The maximum atomic E-state index is 13.3. The number of hydrogen-bond acceptors (Lipinski definition) is 5. The molecule has 0 aliphatic carbocycles. The Hall–Kier alpha value is -3.28. The average Bonchev–Trinajstić information content (AvgIpc) is 2.76. The SMILES string of the molecule is COc1ccc(-c2cc(C(F)(F)F)nc(SCC(=O)Nc3ccccc3C(F)(F)F)n2)cc1. The van der Waals surface area contributed by atoms with E-state index in [1.165, 1.54) is 31.4 Å². The molecular formula is C21H15F6N3O2S. The third kappa shape index (κ3) is 6.37. The van der Waals surface area contributed by atoms with Gasteiger partial charge in [-0.2, -0.15) is 26.3 Å². The molecule has 174 valence electrons. The van der Waals surface area contributed by atoms with E-state index in [1.54, 1.807) is 12.1 Å². The number of nitrogens with zero attached hydrogens (tertiary/aromatic N) is 2. The van der Waals surface area contributed by atoms with Crippen LogP contribution in [0.2, 0.25) is 0 Å². The minimum atomic E-state index is -4.77. The van der Waals surface area contributed by atoms with Crippen molar-refractivity contribution < 1.29 is 35.9 Å². The predicted octanol–water partition coefficient (Wildman–Crippen LogP) is 5.92. The Kier molecular flexibility index (Phi) is 7.15. The molecule has 1 amide bonds. The second-order valence-corrected chi connectivity index (χ2v) is 7.47. The van der Waals surface area contributed by atoms with Crippen molar-refractivity contribution in [2.75, 3.05) is 18.2 Å². The lowest BCUT2D eigenvalue weighted by Crippen LogP contribution is -2.18. The first kappa shape index (κ1) is 24.4. The number of methoxy groups -OCH3 is 1. The van der Waals surface area contributed by atoms with Gasteiger partial charge >= 0.3 is 12.4 Å². The summed E-state index contributed by atoms with van der Waals surface area (Å²) >= 11 is 0.568. The van der Waals surface area contributed by atoms with Crippen molar-refractivity contribution in [1.82, 2.24) is 9.97 Å². The zero-order valence-electron chi connectivity index (χ0n) is 16.8. The van der Waals surface area contributed by atoms with E-state index in [4.69, 9.17) is 4.74 Å². The highest BCUT2D eigenvalue weighted by molar-refractivity contribution is 7.99. The minimum Gasteiger partial charge on any atom is -0.497 e. The Bertz CT molecular complexity index is 1130. The first-order chi connectivity index (χ1) is 15.5. The van der Waals surface area contributed by atoms with Crippen molar-refractivity contribution in [3.05, 3.63) is 65.9 Å². The number of anilines is 1. The van der Waals surface area contributed by atoms with Crippen molar-refractivity contribution in [2.24, 2.45) is 0 Å². The average molecular weight is 487 g/mol. The summed E-state index contributed by atoms with van der Waals surface area (Å²) in [6.45, 7) is 0. The molecule has 1 heterocycles. The van der Waals surface area contributed by atoms with Gasteiger partial charge in [-0.15, -0.1) is 0 Å². The number of ether oxygens (including phenoxy) is 1. The molecule has 0 saturated carbocycles. The zero-order chi connectivity index (χ0) is 24.2. The second-order valence-electron chi connectivity index (χ2n) is 6.53. The summed E-state index contributed by atoms with van der Waals surface area (Å²) in [6, 6.07) is 11.2. The minimum absolute atomic E-state index is 0.0368. The van der Waals surface area contributed by atoms with Crippen molar-refractivity contribution in [2.45, 2.75) is 17.5 Å². The van der Waals surface area contributed by atoms with Gasteiger partial charge in [-0.1, -0.05) is 23.9 Å². The van der Waals surface area contributed by atoms with Crippen LogP contribution in [0.25, 0.3) is 11.3 Å². The molecule has 0 saturated heterocycles. The highest BCUT2D eigenvalue weighted by Crippen LogP contribution is 2.35. The van der Waals surface area contributed by atoms with E-state index in [2.05, 4.69) is 15.3 Å². The van der Waals surface area contributed by atoms with Crippen LogP contribution in [-0.2, 0) is 17.1 Å². The van der Waals surface area contributed by atoms with Crippen LogP contribution in [-0.4, -0.2) is 28.7 Å². The molecule has 1 N–H and O–H groups in total. The third-order valence-electron chi connectivity index (χ3n) is 4.22. The van der Waals surface area contributed by atoms with E-state index >= 15 is 0 Å². The summed E-state index contributed by atoms with van der Waals surface area (Å²) in [5.74, 6) is -0.867. The topological polar surface area (TPSA) is 64.1 Å². The Labute approximate surface area is 188 Å². The maximum Gasteiger partial charge on any atom is 0.433 e. The molecule has 0 unspecified atom stereocenters. The van der Waals surface area contributed by atoms with E-state index < -0.39 is 41.0 Å². The van der Waals surface area contributed by atoms with Crippen molar-refractivity contribution >= 4 is 23.4 Å². The van der Waals surface area contributed by atoms with E-state index in [1.807, 2.05) is 0 Å². The number of thioether (sulfide) groups is 1. The third-order valence-corrected chi connectivity index (χ3v) is 5.07. The molecule has 3 rings (SSSR count). The summed E-state index contributed by atoms with van der Waals surface area (Å²) in [5.41, 5.74) is -2.40. The number of carbonyl (C=O) groups is 1. The van der Waals surface area contributed by atoms with Gasteiger partial charge in [0.25, 0.3) is 0 Å². The zero-order valence-corrected chi connectivity index (χ0v) is 17.6. The Balaban J connectivity index is 1.81. The highest BCUT2D eigenvalue weighted by Gasteiger charge is 2.35. The monoisotopic (exact) mass is 487 g/mol. The fourth-order valence-electron chi connectivity index (χ4n) is 2.70. The van der Waals surface area contributed by atoms with Crippen LogP contribution in [0.3, 0.4) is 0 Å². The number of alkyl halides is 6. The molecule has 0 radical (unpaired) electrons. The largest absolute Gasteiger partial charge is 0.497 e. The summed E-state index contributed by atoms with van der Waals surface area (Å²) < 4.78 is 84.2. The Morgan fingerprint density at radius 3 is 2.24 bits per heavy atom. The molecule has 2 aromatic carbocycles. The molecule has 0 fully saturated rings. The summed E-state index contributed by atoms with van der Waals surface area (Å²) in [4.78, 5) is 19.7. The van der Waals surface area contributed by atoms with Gasteiger partial charge in [0.1, 0.15) is 11.4 Å². The van der Waals surface area contributed by atoms with Crippen LogP contribution in [0.15, 0.2) is 59.8 Å². The highest BCUT2D eigenvalue weighted by atomic mass is 32.2. The van der Waals surface area contributed by atoms with Gasteiger partial charge in [0.2, 0.25) is 5.91 Å². The smallest absolute Gasteiger partial charge is 0.433 e. The quantitative estimate of drug-likeness (QED) is 0.266. The molecule has 0 spiro atoms. The van der Waals surface area contributed by atoms with Gasteiger partial charge in [0.05, 0.1) is 29.8 Å². The van der Waals surface area contributed by atoms with Gasteiger partial charge < -0.3 is 10.1 Å². The fourth-order valence-corrected chi connectivity index (χ4v) is 3.36. The number of hydrogen-bond donors (Lipinski definition) is 1. The number of nitrogens with one attached hydrogen (secondary N) is 1. The fraction of sp³-hybridized carbons (Fsp3) is 0.190. The van der Waals surface area contributed by atoms with Crippen LogP contribution < -0.4 is 10.1 Å². The number of halogens is 6. The van der Waals surface area contributed by atoms with Gasteiger partial charge in [0, 0.05) is 5.56 Å². The van der Waals surface area contributed by atoms with Crippen LogP contribution in [0.4, 0.5) is 32.0 Å². The summed E-state index contributed by atoms with van der Waals surface area (Å²) in [5, 5.41) is 1.77. The van der Waals surface area contributed by atoms with Crippen LogP contribution >= 0.6 is 11.8 Å². The lowest BCUT2D eigenvalue weighted by molar-refractivity contribution is -0.141. The number of aromatic nitrogens is 2. The Morgan fingerprint density at radius 1 is 0.970 bits per heavy atom. The van der Waals surface area contributed by atoms with E-state index in [-0.39, 0.29) is 10.9 Å². The summed E-state index contributed by atoms with van der Waals surface area (Å²) in [7, 11) is 1.44. The lowest BCUT2D eigenvalue weighted by atomic mass is 10.1. The first-order valence-corrected chi connectivity index (χ1v) is 10.2. The van der Waals surface area contributed by atoms with Crippen LogP contribution in [0.5, 0.6) is 5.75 Å². The number of para-hydroxylation sites is 1. The standard InChI is InChI=1S/C21H15F6N3O2S/c1-32-13-8-6-12(7-9-13)16-10-17(21(25,26)27)30-19(29-16)33-11-18(31)28-15-5-3-2-4-14(15)20(22,23)24/h2-10H,11H2,1H3,(H,28,31). The maximum absolute atomic E-state index is 13.3. The van der Waals surface area contributed by atoms with Crippen molar-refractivity contribution in [3.8, 4) is 17.0 Å².